The highest BCUT2D eigenvalue weighted by atomic mass is 16.5. The standard InChI is InChI=1S/C23H23N3O3/c1-4-15-7-5-8-16(13-15)25-22-21-18(9-6-12-24-21)23(27)26(22)19-14-17(28-2)10-11-20(19)29-3/h5-14,22,25H,4H2,1-3H3. The molecule has 0 spiro atoms. The lowest BCUT2D eigenvalue weighted by molar-refractivity contribution is 0.0992. The van der Waals surface area contributed by atoms with Gasteiger partial charge in [0.1, 0.15) is 11.5 Å². The van der Waals surface area contributed by atoms with Crippen LogP contribution in [0.5, 0.6) is 11.5 Å². The molecule has 1 N–H and O–H groups in total. The van der Waals surface area contributed by atoms with Crippen LogP contribution >= 0.6 is 0 Å². The van der Waals surface area contributed by atoms with E-state index >= 15 is 0 Å². The maximum absolute atomic E-state index is 13.3. The highest BCUT2D eigenvalue weighted by Crippen LogP contribution is 2.42. The van der Waals surface area contributed by atoms with Crippen molar-refractivity contribution in [3.63, 3.8) is 0 Å². The van der Waals surface area contributed by atoms with Crippen LogP contribution in [0.1, 0.15) is 34.7 Å². The van der Waals surface area contributed by atoms with Crippen molar-refractivity contribution in [3.8, 4) is 11.5 Å². The fraction of sp³-hybridized carbons (Fsp3) is 0.217. The predicted molar refractivity (Wildman–Crippen MR) is 113 cm³/mol. The van der Waals surface area contributed by atoms with E-state index in [4.69, 9.17) is 9.47 Å². The van der Waals surface area contributed by atoms with E-state index in [2.05, 4.69) is 29.4 Å². The van der Waals surface area contributed by atoms with Crippen LogP contribution in [0, 0.1) is 0 Å². The van der Waals surface area contributed by atoms with E-state index in [-0.39, 0.29) is 5.91 Å². The molecule has 6 heteroatoms. The Morgan fingerprint density at radius 1 is 1.07 bits per heavy atom. The molecule has 1 atom stereocenters. The molecule has 1 amide bonds. The average Bonchev–Trinajstić information content (AvgIpc) is 3.05. The SMILES string of the molecule is CCc1cccc(NC2c3ncccc3C(=O)N2c2cc(OC)ccc2OC)c1. The summed E-state index contributed by atoms with van der Waals surface area (Å²) in [6.45, 7) is 2.11. The van der Waals surface area contributed by atoms with E-state index in [1.807, 2.05) is 12.1 Å². The summed E-state index contributed by atoms with van der Waals surface area (Å²) in [5, 5.41) is 3.49. The number of hydrogen-bond acceptors (Lipinski definition) is 5. The quantitative estimate of drug-likeness (QED) is 0.676. The average molecular weight is 389 g/mol. The van der Waals surface area contributed by atoms with E-state index in [1.165, 1.54) is 5.56 Å². The summed E-state index contributed by atoms with van der Waals surface area (Å²) in [5.41, 5.74) is 4.02. The van der Waals surface area contributed by atoms with Crippen LogP contribution in [0.4, 0.5) is 11.4 Å². The first-order valence-electron chi connectivity index (χ1n) is 9.52. The summed E-state index contributed by atoms with van der Waals surface area (Å²) in [6, 6.07) is 17.2. The highest BCUT2D eigenvalue weighted by molar-refractivity contribution is 6.11. The van der Waals surface area contributed by atoms with Crippen molar-refractivity contribution < 1.29 is 14.3 Å². The number of pyridine rings is 1. The summed E-state index contributed by atoms with van der Waals surface area (Å²) in [7, 11) is 3.18. The van der Waals surface area contributed by atoms with Gasteiger partial charge in [-0.05, 0) is 48.4 Å². The summed E-state index contributed by atoms with van der Waals surface area (Å²) in [5.74, 6) is 1.09. The molecule has 1 aliphatic rings. The molecule has 0 saturated heterocycles. The van der Waals surface area contributed by atoms with Gasteiger partial charge >= 0.3 is 0 Å². The van der Waals surface area contributed by atoms with Crippen LogP contribution in [0.3, 0.4) is 0 Å². The Morgan fingerprint density at radius 2 is 1.93 bits per heavy atom. The molecule has 29 heavy (non-hydrogen) atoms. The van der Waals surface area contributed by atoms with Gasteiger partial charge in [-0.1, -0.05) is 19.1 Å². The molecule has 0 aliphatic carbocycles. The second-order valence-electron chi connectivity index (χ2n) is 6.75. The van der Waals surface area contributed by atoms with E-state index in [1.54, 1.807) is 55.6 Å². The minimum Gasteiger partial charge on any atom is -0.497 e. The number of benzene rings is 2. The third kappa shape index (κ3) is 3.38. The summed E-state index contributed by atoms with van der Waals surface area (Å²) in [4.78, 5) is 19.5. The summed E-state index contributed by atoms with van der Waals surface area (Å²) in [6.07, 6.45) is 2.17. The van der Waals surface area contributed by atoms with Crippen molar-refractivity contribution in [3.05, 3.63) is 77.6 Å². The van der Waals surface area contributed by atoms with E-state index in [0.29, 0.717) is 28.4 Å². The monoisotopic (exact) mass is 389 g/mol. The smallest absolute Gasteiger partial charge is 0.262 e. The Bertz CT molecular complexity index is 1050. The number of methoxy groups -OCH3 is 2. The molecule has 0 bridgehead atoms. The number of aryl methyl sites for hydroxylation is 1. The van der Waals surface area contributed by atoms with Gasteiger partial charge < -0.3 is 14.8 Å². The largest absolute Gasteiger partial charge is 0.497 e. The maximum Gasteiger partial charge on any atom is 0.262 e. The third-order valence-electron chi connectivity index (χ3n) is 5.09. The molecule has 4 rings (SSSR count). The van der Waals surface area contributed by atoms with Gasteiger partial charge in [0.25, 0.3) is 5.91 Å². The molecular formula is C23H23N3O3. The van der Waals surface area contributed by atoms with E-state index in [9.17, 15) is 4.79 Å². The van der Waals surface area contributed by atoms with Gasteiger partial charge in [0.2, 0.25) is 0 Å². The number of anilines is 2. The van der Waals surface area contributed by atoms with Gasteiger partial charge in [-0.15, -0.1) is 0 Å². The number of rotatable bonds is 6. The van der Waals surface area contributed by atoms with Gasteiger partial charge in [-0.3, -0.25) is 14.7 Å². The number of aromatic nitrogens is 1. The van der Waals surface area contributed by atoms with Crippen molar-refractivity contribution in [1.82, 2.24) is 4.98 Å². The Morgan fingerprint density at radius 3 is 2.69 bits per heavy atom. The van der Waals surface area contributed by atoms with Crippen LogP contribution in [-0.4, -0.2) is 25.1 Å². The lowest BCUT2D eigenvalue weighted by atomic mass is 10.1. The van der Waals surface area contributed by atoms with Gasteiger partial charge in [0, 0.05) is 18.0 Å². The van der Waals surface area contributed by atoms with Crippen LogP contribution in [-0.2, 0) is 6.42 Å². The second kappa shape index (κ2) is 7.83. The third-order valence-corrected chi connectivity index (χ3v) is 5.09. The van der Waals surface area contributed by atoms with Crippen molar-refractivity contribution in [2.24, 2.45) is 0 Å². The van der Waals surface area contributed by atoms with Gasteiger partial charge in [0.15, 0.2) is 6.17 Å². The van der Waals surface area contributed by atoms with E-state index in [0.717, 1.165) is 12.1 Å². The van der Waals surface area contributed by atoms with Crippen LogP contribution in [0.2, 0.25) is 0 Å². The van der Waals surface area contributed by atoms with Crippen LogP contribution in [0.25, 0.3) is 0 Å². The van der Waals surface area contributed by atoms with Gasteiger partial charge in [0.05, 0.1) is 31.2 Å². The fourth-order valence-corrected chi connectivity index (χ4v) is 3.59. The fourth-order valence-electron chi connectivity index (χ4n) is 3.59. The predicted octanol–water partition coefficient (Wildman–Crippen LogP) is 4.43. The number of hydrogen-bond donors (Lipinski definition) is 1. The molecule has 0 saturated carbocycles. The normalized spacial score (nSPS) is 15.2. The van der Waals surface area contributed by atoms with Gasteiger partial charge in [-0.25, -0.2) is 0 Å². The lowest BCUT2D eigenvalue weighted by Gasteiger charge is -2.28. The molecule has 148 valence electrons. The first-order valence-corrected chi connectivity index (χ1v) is 9.52. The van der Waals surface area contributed by atoms with Crippen LogP contribution < -0.4 is 19.7 Å². The zero-order chi connectivity index (χ0) is 20.4. The lowest BCUT2D eigenvalue weighted by Crippen LogP contribution is -2.32. The molecule has 1 unspecified atom stereocenters. The zero-order valence-electron chi connectivity index (χ0n) is 16.7. The number of carbonyl (C=O) groups is 1. The molecular weight excluding hydrogens is 366 g/mol. The van der Waals surface area contributed by atoms with Crippen molar-refractivity contribution in [2.75, 3.05) is 24.4 Å². The molecule has 3 aromatic rings. The summed E-state index contributed by atoms with van der Waals surface area (Å²) < 4.78 is 10.9. The second-order valence-corrected chi connectivity index (χ2v) is 6.75. The number of amides is 1. The molecule has 1 aromatic heterocycles. The zero-order valence-corrected chi connectivity index (χ0v) is 16.7. The van der Waals surface area contributed by atoms with Crippen molar-refractivity contribution >= 4 is 17.3 Å². The minimum absolute atomic E-state index is 0.135. The topological polar surface area (TPSA) is 63.7 Å². The van der Waals surface area contributed by atoms with Crippen molar-refractivity contribution in [2.45, 2.75) is 19.5 Å². The number of nitrogens with one attached hydrogen (secondary N) is 1. The van der Waals surface area contributed by atoms with E-state index < -0.39 is 6.17 Å². The molecule has 1 aliphatic heterocycles. The first kappa shape index (κ1) is 18.8. The molecule has 0 fully saturated rings. The number of ether oxygens (including phenoxy) is 2. The Hall–Kier alpha value is -3.54. The maximum atomic E-state index is 13.3. The molecule has 2 aromatic carbocycles. The first-order chi connectivity index (χ1) is 14.2. The van der Waals surface area contributed by atoms with Crippen molar-refractivity contribution in [1.29, 1.82) is 0 Å². The Kier molecular flexibility index (Phi) is 5.08. The molecule has 6 nitrogen and oxygen atoms in total. The minimum atomic E-state index is -0.466. The molecule has 2 heterocycles. The number of carbonyl (C=O) groups excluding carboxylic acids is 1. The number of fused-ring (bicyclic) bond motifs is 1. The number of nitrogens with zero attached hydrogens (tertiary/aromatic N) is 2. The van der Waals surface area contributed by atoms with Gasteiger partial charge in [-0.2, -0.15) is 0 Å². The summed E-state index contributed by atoms with van der Waals surface area (Å²) >= 11 is 0. The Labute approximate surface area is 170 Å². The van der Waals surface area contributed by atoms with Crippen LogP contribution in [0.15, 0.2) is 60.8 Å². The highest BCUT2D eigenvalue weighted by Gasteiger charge is 2.40. The Balaban J connectivity index is 1.82. The molecule has 0 radical (unpaired) electrons.